The molecule has 3 aromatic rings. The second-order valence-corrected chi connectivity index (χ2v) is 7.44. The number of allylic oxidation sites excluding steroid dienone is 1. The minimum absolute atomic E-state index is 0.0448. The number of ether oxygens (including phenoxy) is 2. The van der Waals surface area contributed by atoms with Crippen LogP contribution in [0.5, 0.6) is 17.4 Å². The Labute approximate surface area is 193 Å². The second kappa shape index (κ2) is 8.72. The molecule has 1 unspecified atom stereocenters. The van der Waals surface area contributed by atoms with Crippen LogP contribution < -0.4 is 15.2 Å². The van der Waals surface area contributed by atoms with Crippen molar-refractivity contribution in [3.63, 3.8) is 0 Å². The Bertz CT molecular complexity index is 1310. The van der Waals surface area contributed by atoms with Crippen molar-refractivity contribution >= 4 is 17.3 Å². The van der Waals surface area contributed by atoms with Crippen LogP contribution in [0.3, 0.4) is 0 Å². The first-order chi connectivity index (χ1) is 15.9. The molecule has 168 valence electrons. The number of hydrogen-bond donors (Lipinski definition) is 3. The van der Waals surface area contributed by atoms with E-state index in [2.05, 4.69) is 16.3 Å². The molecule has 0 aliphatic carbocycles. The molecular formula is C22H19ClN5O5+. The van der Waals surface area contributed by atoms with Gasteiger partial charge in [0.15, 0.2) is 12.9 Å². The van der Waals surface area contributed by atoms with Gasteiger partial charge < -0.3 is 20.3 Å². The molecule has 0 fully saturated rings. The van der Waals surface area contributed by atoms with Crippen LogP contribution in [0, 0.1) is 16.2 Å². The van der Waals surface area contributed by atoms with Gasteiger partial charge in [-0.1, -0.05) is 23.7 Å². The van der Waals surface area contributed by atoms with E-state index in [0.29, 0.717) is 21.8 Å². The van der Waals surface area contributed by atoms with Crippen LogP contribution in [0.25, 0.3) is 11.3 Å². The molecule has 10 nitrogen and oxygen atoms in total. The third-order valence-corrected chi connectivity index (χ3v) is 5.39. The highest BCUT2D eigenvalue weighted by atomic mass is 35.5. The maximum atomic E-state index is 12.3. The second-order valence-electron chi connectivity index (χ2n) is 7.01. The van der Waals surface area contributed by atoms with Gasteiger partial charge in [-0.05, 0) is 30.7 Å². The monoisotopic (exact) mass is 468 g/mol. The number of hydrogen-bond acceptors (Lipinski definition) is 8. The molecule has 0 spiro atoms. The van der Waals surface area contributed by atoms with Crippen molar-refractivity contribution in [1.29, 1.82) is 5.26 Å². The minimum Gasteiger partial charge on any atom is -0.499 e. The number of rotatable bonds is 6. The van der Waals surface area contributed by atoms with Gasteiger partial charge >= 0.3 is 5.69 Å². The van der Waals surface area contributed by atoms with Gasteiger partial charge in [0.2, 0.25) is 17.5 Å². The van der Waals surface area contributed by atoms with E-state index in [-0.39, 0.29) is 40.3 Å². The summed E-state index contributed by atoms with van der Waals surface area (Å²) in [6.07, 6.45) is 0. The van der Waals surface area contributed by atoms with Crippen molar-refractivity contribution < 1.29 is 24.3 Å². The first kappa shape index (κ1) is 22.0. The van der Waals surface area contributed by atoms with E-state index in [1.165, 1.54) is 19.2 Å². The quantitative estimate of drug-likeness (QED) is 0.459. The number of aromatic hydroxyl groups is 1. The molecule has 0 amide bonds. The summed E-state index contributed by atoms with van der Waals surface area (Å²) in [4.78, 5) is 17.2. The lowest BCUT2D eigenvalue weighted by atomic mass is 9.82. The zero-order chi connectivity index (χ0) is 23.7. The van der Waals surface area contributed by atoms with E-state index in [1.54, 1.807) is 31.2 Å². The Morgan fingerprint density at radius 3 is 2.73 bits per heavy atom. The number of phenolic OH excluding ortho intramolecular Hbond substituents is 1. The highest BCUT2D eigenvalue weighted by Crippen LogP contribution is 2.49. The summed E-state index contributed by atoms with van der Waals surface area (Å²) in [5.41, 5.74) is 8.13. The van der Waals surface area contributed by atoms with Gasteiger partial charge in [0.05, 0.1) is 23.0 Å². The summed E-state index contributed by atoms with van der Waals surface area (Å²) >= 11 is 6.02. The topological polar surface area (TPSA) is 146 Å². The molecular weight excluding hydrogens is 450 g/mol. The predicted molar refractivity (Wildman–Crippen MR) is 118 cm³/mol. The number of benzene rings is 2. The molecule has 1 aliphatic rings. The number of nitrogens with two attached hydrogens (primary N) is 1. The summed E-state index contributed by atoms with van der Waals surface area (Å²) in [6.45, 7) is 1.96. The van der Waals surface area contributed by atoms with Crippen molar-refractivity contribution in [3.8, 4) is 34.7 Å². The SMILES string of the molecule is CCOc1cc(C2C(C#N)=C(N)Oc3[nH]nc(-c4ccc(Cl)cc4)c32)cc([N+](=O)OC)c1O. The molecule has 1 atom stereocenters. The molecule has 0 radical (unpaired) electrons. The third kappa shape index (κ3) is 3.79. The maximum absolute atomic E-state index is 12.3. The van der Waals surface area contributed by atoms with Gasteiger partial charge in [-0.2, -0.15) is 10.4 Å². The van der Waals surface area contributed by atoms with E-state index in [4.69, 9.17) is 31.6 Å². The van der Waals surface area contributed by atoms with Crippen LogP contribution in [-0.4, -0.2) is 33.9 Å². The van der Waals surface area contributed by atoms with Gasteiger partial charge in [-0.25, -0.2) is 9.94 Å². The van der Waals surface area contributed by atoms with Crippen LogP contribution in [0.1, 0.15) is 24.0 Å². The molecule has 0 saturated heterocycles. The number of aromatic amines is 1. The van der Waals surface area contributed by atoms with E-state index >= 15 is 0 Å². The van der Waals surface area contributed by atoms with Crippen molar-refractivity contribution in [2.45, 2.75) is 12.8 Å². The predicted octanol–water partition coefficient (Wildman–Crippen LogP) is 4.02. The molecule has 2 aromatic carbocycles. The van der Waals surface area contributed by atoms with Crippen molar-refractivity contribution in [3.05, 3.63) is 68.9 Å². The Kier molecular flexibility index (Phi) is 5.81. The molecule has 11 heteroatoms. The Hall–Kier alpha value is -4.23. The number of nitrogens with one attached hydrogen (secondary N) is 1. The standard InChI is InChI=1S/C22H18ClN5O5/c1-3-32-16-9-12(8-15(20(16)29)28(30)31-2)17-14(10-24)21(25)33-22-18(17)19(26-27-22)11-4-6-13(23)7-5-11/h4-9,17H,3,25H2,1-2H3,(H-,26,27,29,30)/p+1. The minimum atomic E-state index is -0.785. The lowest BCUT2D eigenvalue weighted by Crippen LogP contribution is -2.21. The number of phenols is 1. The Morgan fingerprint density at radius 1 is 1.36 bits per heavy atom. The van der Waals surface area contributed by atoms with Crippen LogP contribution in [0.15, 0.2) is 47.9 Å². The zero-order valence-corrected chi connectivity index (χ0v) is 18.4. The van der Waals surface area contributed by atoms with E-state index < -0.39 is 11.7 Å². The smallest absolute Gasteiger partial charge is 0.362 e. The van der Waals surface area contributed by atoms with E-state index in [0.717, 1.165) is 5.56 Å². The fourth-order valence-corrected chi connectivity index (χ4v) is 3.82. The molecule has 33 heavy (non-hydrogen) atoms. The number of nitrogens with zero attached hydrogens (tertiary/aromatic N) is 3. The maximum Gasteiger partial charge on any atom is 0.362 e. The lowest BCUT2D eigenvalue weighted by Gasteiger charge is -2.24. The Balaban J connectivity index is 1.99. The fourth-order valence-electron chi connectivity index (χ4n) is 3.70. The molecule has 4 N–H and O–H groups in total. The average molecular weight is 469 g/mol. The van der Waals surface area contributed by atoms with Gasteiger partial charge in [0.25, 0.3) is 4.92 Å². The van der Waals surface area contributed by atoms with Gasteiger partial charge in [0, 0.05) is 16.7 Å². The first-order valence-corrected chi connectivity index (χ1v) is 10.2. The lowest BCUT2D eigenvalue weighted by molar-refractivity contribution is -0.737. The van der Waals surface area contributed by atoms with Crippen LogP contribution in [-0.2, 0) is 4.84 Å². The van der Waals surface area contributed by atoms with E-state index in [9.17, 15) is 15.3 Å². The number of halogens is 1. The van der Waals surface area contributed by atoms with Crippen molar-refractivity contribution in [1.82, 2.24) is 10.2 Å². The number of fused-ring (bicyclic) bond motifs is 1. The summed E-state index contributed by atoms with van der Waals surface area (Å²) in [6, 6.07) is 12.0. The average Bonchev–Trinajstić information content (AvgIpc) is 3.22. The first-order valence-electron chi connectivity index (χ1n) is 9.82. The molecule has 4 rings (SSSR count). The summed E-state index contributed by atoms with van der Waals surface area (Å²) < 4.78 is 11.2. The number of aromatic nitrogens is 2. The van der Waals surface area contributed by atoms with Crippen molar-refractivity contribution in [2.24, 2.45) is 5.73 Å². The fraction of sp³-hybridized carbons (Fsp3) is 0.182. The third-order valence-electron chi connectivity index (χ3n) is 5.13. The van der Waals surface area contributed by atoms with Gasteiger partial charge in [-0.3, -0.25) is 0 Å². The number of H-pyrrole nitrogens is 1. The molecule has 0 bridgehead atoms. The molecule has 2 heterocycles. The Morgan fingerprint density at radius 2 is 2.09 bits per heavy atom. The zero-order valence-electron chi connectivity index (χ0n) is 17.6. The van der Waals surface area contributed by atoms with Gasteiger partial charge in [0.1, 0.15) is 17.3 Å². The van der Waals surface area contributed by atoms with Crippen LogP contribution >= 0.6 is 11.6 Å². The van der Waals surface area contributed by atoms with Crippen LogP contribution in [0.4, 0.5) is 5.69 Å². The normalized spacial score (nSPS) is 14.8. The highest BCUT2D eigenvalue weighted by Gasteiger charge is 2.38. The largest absolute Gasteiger partial charge is 0.499 e. The van der Waals surface area contributed by atoms with Crippen molar-refractivity contribution in [2.75, 3.05) is 13.7 Å². The molecule has 0 saturated carbocycles. The highest BCUT2D eigenvalue weighted by molar-refractivity contribution is 6.30. The summed E-state index contributed by atoms with van der Waals surface area (Å²) in [5, 5.41) is 28.2. The molecule has 1 aliphatic heterocycles. The van der Waals surface area contributed by atoms with Crippen LogP contribution in [0.2, 0.25) is 5.02 Å². The summed E-state index contributed by atoms with van der Waals surface area (Å²) in [7, 11) is 1.17. The summed E-state index contributed by atoms with van der Waals surface area (Å²) in [5.74, 6) is -1.000. The van der Waals surface area contributed by atoms with E-state index in [1.807, 2.05) is 0 Å². The number of nitriles is 1. The molecule has 1 aromatic heterocycles. The van der Waals surface area contributed by atoms with Gasteiger partial charge in [-0.15, -0.1) is 0 Å².